The molecule has 2 fully saturated rings. The van der Waals surface area contributed by atoms with E-state index in [1.807, 2.05) is 30.8 Å². The summed E-state index contributed by atoms with van der Waals surface area (Å²) in [7, 11) is 1.59. The molecule has 3 N–H and O–H groups in total. The molecule has 5 aromatic rings. The number of rotatable bonds is 9. The lowest BCUT2D eigenvalue weighted by Gasteiger charge is -2.38. The van der Waals surface area contributed by atoms with Crippen molar-refractivity contribution in [2.24, 2.45) is 0 Å². The number of methoxy groups -OCH3 is 1. The van der Waals surface area contributed by atoms with Crippen LogP contribution in [0.5, 0.6) is 0 Å². The van der Waals surface area contributed by atoms with Gasteiger partial charge < -0.3 is 15.4 Å². The maximum absolute atomic E-state index is 13.6. The lowest BCUT2D eigenvalue weighted by Crippen LogP contribution is -2.50. The van der Waals surface area contributed by atoms with E-state index in [1.54, 1.807) is 13.3 Å². The highest BCUT2D eigenvalue weighted by atomic mass is 32.1. The van der Waals surface area contributed by atoms with Crippen molar-refractivity contribution in [2.45, 2.75) is 76.0 Å². The van der Waals surface area contributed by atoms with E-state index in [-0.39, 0.29) is 17.9 Å². The Kier molecular flexibility index (Phi) is 6.92. The van der Waals surface area contributed by atoms with Crippen LogP contribution in [0.1, 0.15) is 79.8 Å². The molecule has 2 aliphatic rings. The number of carbonyl (C=O) groups excluding carboxylic acids is 1. The van der Waals surface area contributed by atoms with Gasteiger partial charge in [-0.1, -0.05) is 11.3 Å². The van der Waals surface area contributed by atoms with Crippen molar-refractivity contribution in [3.63, 3.8) is 0 Å². The molecule has 13 nitrogen and oxygen atoms in total. The zero-order valence-electron chi connectivity index (χ0n) is 24.0. The molecule has 2 saturated carbocycles. The highest BCUT2D eigenvalue weighted by Gasteiger charge is 2.44. The average molecular weight is 606 g/mol. The smallest absolute Gasteiger partial charge is 0.252 e. The predicted molar refractivity (Wildman–Crippen MR) is 157 cm³/mol. The van der Waals surface area contributed by atoms with Gasteiger partial charge in [0.1, 0.15) is 17.2 Å². The molecule has 5 aromatic heterocycles. The molecule has 224 valence electrons. The van der Waals surface area contributed by atoms with Crippen molar-refractivity contribution < 1.29 is 13.9 Å². The Morgan fingerprint density at radius 1 is 1.19 bits per heavy atom. The second kappa shape index (κ2) is 10.8. The van der Waals surface area contributed by atoms with Gasteiger partial charge in [-0.2, -0.15) is 15.3 Å². The summed E-state index contributed by atoms with van der Waals surface area (Å²) < 4.78 is 22.7. The van der Waals surface area contributed by atoms with Crippen molar-refractivity contribution in [3.8, 4) is 5.13 Å². The lowest BCUT2D eigenvalue weighted by atomic mass is 9.77. The fraction of sp³-hybridized carbons (Fsp3) is 0.464. The Morgan fingerprint density at radius 2 is 2.00 bits per heavy atom. The summed E-state index contributed by atoms with van der Waals surface area (Å²) in [6.45, 7) is 3.85. The van der Waals surface area contributed by atoms with Crippen molar-refractivity contribution in [3.05, 3.63) is 53.1 Å². The van der Waals surface area contributed by atoms with E-state index in [2.05, 4.69) is 36.0 Å². The Labute approximate surface area is 250 Å². The Balaban J connectivity index is 1.08. The first kappa shape index (κ1) is 27.6. The topological polar surface area (TPSA) is 153 Å². The molecule has 0 saturated heterocycles. The van der Waals surface area contributed by atoms with Gasteiger partial charge in [0.25, 0.3) is 5.91 Å². The number of aromatic nitrogens is 9. The average Bonchev–Trinajstić information content (AvgIpc) is 3.37. The monoisotopic (exact) mass is 605 g/mol. The van der Waals surface area contributed by atoms with Crippen molar-refractivity contribution >= 4 is 39.9 Å². The summed E-state index contributed by atoms with van der Waals surface area (Å²) in [5, 5.41) is 23.7. The van der Waals surface area contributed by atoms with Crippen LogP contribution < -0.4 is 10.6 Å². The van der Waals surface area contributed by atoms with Gasteiger partial charge in [-0.3, -0.25) is 9.89 Å². The second-order valence-electron chi connectivity index (χ2n) is 11.4. The summed E-state index contributed by atoms with van der Waals surface area (Å²) in [5.41, 5.74) is 0.803. The maximum atomic E-state index is 13.6. The van der Waals surface area contributed by atoms with Crippen LogP contribution in [0, 0.1) is 12.7 Å². The minimum absolute atomic E-state index is 0.0560. The molecule has 43 heavy (non-hydrogen) atoms. The van der Waals surface area contributed by atoms with Crippen molar-refractivity contribution in [1.82, 2.24) is 50.0 Å². The standard InChI is InChI=1S/C28H32FN11O2S/c1-15-10-22(38-37-15)34-24-20-12-32-40(19-4-5-19)25(20)36-23(35-24)17-6-8-28(42-3,9-7-17)26(41)33-16(2)21-13-30-27(43-21)39-14-18(29)11-31-39/h10-14,16-17,19H,4-9H2,1-3H3,(H,33,41)(H2,34,35,36,37,38)/t16-,17?,28?/m0/s1. The van der Waals surface area contributed by atoms with Crippen molar-refractivity contribution in [2.75, 3.05) is 12.4 Å². The third-order valence-corrected chi connectivity index (χ3v) is 9.48. The molecule has 0 aliphatic heterocycles. The number of ether oxygens (including phenoxy) is 1. The molecule has 0 radical (unpaired) electrons. The quantitative estimate of drug-likeness (QED) is 0.218. The number of aryl methyl sites for hydroxylation is 1. The fourth-order valence-electron chi connectivity index (χ4n) is 5.66. The van der Waals surface area contributed by atoms with E-state index in [1.165, 1.54) is 22.2 Å². The third-order valence-electron chi connectivity index (χ3n) is 8.31. The number of hydrogen-bond donors (Lipinski definition) is 3. The van der Waals surface area contributed by atoms with Gasteiger partial charge in [0.15, 0.2) is 17.3 Å². The van der Waals surface area contributed by atoms with Crippen LogP contribution in [0.25, 0.3) is 16.2 Å². The minimum atomic E-state index is -0.961. The first-order valence-corrected chi connectivity index (χ1v) is 15.2. The number of anilines is 2. The number of nitrogens with one attached hydrogen (secondary N) is 3. The molecule has 0 aromatic carbocycles. The number of H-pyrrole nitrogens is 1. The number of amides is 1. The zero-order valence-corrected chi connectivity index (χ0v) is 24.9. The summed E-state index contributed by atoms with van der Waals surface area (Å²) in [4.78, 5) is 28.7. The molecule has 7 rings (SSSR count). The van der Waals surface area contributed by atoms with Gasteiger partial charge in [0, 0.05) is 35.9 Å². The van der Waals surface area contributed by atoms with Crippen LogP contribution in [-0.2, 0) is 9.53 Å². The van der Waals surface area contributed by atoms with E-state index >= 15 is 0 Å². The predicted octanol–water partition coefficient (Wildman–Crippen LogP) is 4.64. The van der Waals surface area contributed by atoms with Gasteiger partial charge in [-0.25, -0.2) is 28.7 Å². The molecule has 0 unspecified atom stereocenters. The van der Waals surface area contributed by atoms with Crippen LogP contribution in [0.3, 0.4) is 0 Å². The number of carbonyl (C=O) groups is 1. The fourth-order valence-corrected chi connectivity index (χ4v) is 6.51. The molecular weight excluding hydrogens is 573 g/mol. The van der Waals surface area contributed by atoms with Crippen LogP contribution in [0.2, 0.25) is 0 Å². The molecule has 15 heteroatoms. The second-order valence-corrected chi connectivity index (χ2v) is 12.4. The summed E-state index contributed by atoms with van der Waals surface area (Å²) in [6.07, 6.45) is 10.5. The lowest BCUT2D eigenvalue weighted by molar-refractivity contribution is -0.148. The highest BCUT2D eigenvalue weighted by molar-refractivity contribution is 7.14. The van der Waals surface area contributed by atoms with E-state index < -0.39 is 11.4 Å². The molecule has 0 bridgehead atoms. The molecule has 2 aliphatic carbocycles. The number of nitrogens with zero attached hydrogens (tertiary/aromatic N) is 8. The molecule has 1 atom stereocenters. The first-order valence-electron chi connectivity index (χ1n) is 14.4. The third kappa shape index (κ3) is 5.27. The number of aromatic amines is 1. The summed E-state index contributed by atoms with van der Waals surface area (Å²) >= 11 is 1.34. The Hall–Kier alpha value is -4.24. The Morgan fingerprint density at radius 3 is 2.67 bits per heavy atom. The van der Waals surface area contributed by atoms with E-state index in [9.17, 15) is 9.18 Å². The largest absolute Gasteiger partial charge is 0.368 e. The molecule has 5 heterocycles. The van der Waals surface area contributed by atoms with Gasteiger partial charge >= 0.3 is 0 Å². The number of halogens is 1. The SMILES string of the molecule is COC1(C(=O)N[C@@H](C)c2cnc(-n3cc(F)cn3)s2)CCC(c2nc(Nc3cc(C)[nH]n3)c3cnn(C4CC4)c3n2)CC1. The van der Waals surface area contributed by atoms with Crippen LogP contribution >= 0.6 is 11.3 Å². The van der Waals surface area contributed by atoms with Crippen LogP contribution in [-0.4, -0.2) is 63.3 Å². The van der Waals surface area contributed by atoms with Crippen LogP contribution in [0.4, 0.5) is 16.0 Å². The van der Waals surface area contributed by atoms with E-state index in [0.29, 0.717) is 48.5 Å². The van der Waals surface area contributed by atoms with Gasteiger partial charge in [-0.15, -0.1) is 0 Å². The van der Waals surface area contributed by atoms with E-state index in [0.717, 1.165) is 46.5 Å². The van der Waals surface area contributed by atoms with Gasteiger partial charge in [0.05, 0.1) is 36.1 Å². The number of thiazole rings is 1. The van der Waals surface area contributed by atoms with Gasteiger partial charge in [0.2, 0.25) is 5.13 Å². The van der Waals surface area contributed by atoms with Crippen molar-refractivity contribution in [1.29, 1.82) is 0 Å². The molecular formula is C28H32FN11O2S. The number of fused-ring (bicyclic) bond motifs is 1. The van der Waals surface area contributed by atoms with Gasteiger partial charge in [-0.05, 0) is 52.4 Å². The Bertz CT molecular complexity index is 1780. The van der Waals surface area contributed by atoms with Crippen LogP contribution in [0.15, 0.2) is 30.9 Å². The normalized spacial score (nSPS) is 21.3. The maximum Gasteiger partial charge on any atom is 0.252 e. The molecule has 0 spiro atoms. The number of hydrogen-bond acceptors (Lipinski definition) is 10. The minimum Gasteiger partial charge on any atom is -0.368 e. The van der Waals surface area contributed by atoms with E-state index in [4.69, 9.17) is 14.7 Å². The molecule has 1 amide bonds. The first-order chi connectivity index (χ1) is 20.8. The summed E-state index contributed by atoms with van der Waals surface area (Å²) in [5.74, 6) is 1.54. The highest BCUT2D eigenvalue weighted by Crippen LogP contribution is 2.42. The summed E-state index contributed by atoms with van der Waals surface area (Å²) in [6, 6.07) is 1.99. The zero-order chi connectivity index (χ0) is 29.7.